The van der Waals surface area contributed by atoms with Crippen LogP contribution in [0.5, 0.6) is 5.75 Å². The van der Waals surface area contributed by atoms with Gasteiger partial charge in [-0.15, -0.1) is 11.3 Å². The van der Waals surface area contributed by atoms with Crippen LogP contribution < -0.4 is 10.0 Å². The molecular formula is C18H16N2O4S2. The number of anilines is 1. The van der Waals surface area contributed by atoms with Crippen LogP contribution >= 0.6 is 11.3 Å². The molecule has 0 spiro atoms. The smallest absolute Gasteiger partial charge is 0.271 e. The zero-order valence-electron chi connectivity index (χ0n) is 13.5. The van der Waals surface area contributed by atoms with E-state index in [1.165, 1.54) is 24.3 Å². The molecular weight excluding hydrogens is 372 g/mol. The molecule has 0 radical (unpaired) electrons. The van der Waals surface area contributed by atoms with Gasteiger partial charge in [0.2, 0.25) is 0 Å². The Labute approximate surface area is 155 Å². The number of carbonyl (C=O) groups excluding carboxylic acids is 1. The van der Waals surface area contributed by atoms with Crippen LogP contribution in [0.1, 0.15) is 15.9 Å². The van der Waals surface area contributed by atoms with Gasteiger partial charge in [-0.05, 0) is 29.1 Å². The summed E-state index contributed by atoms with van der Waals surface area (Å²) in [7, 11) is -3.71. The number of carbonyl (C=O) groups is 1. The van der Waals surface area contributed by atoms with Gasteiger partial charge in [-0.1, -0.05) is 36.4 Å². The SMILES string of the molecule is O=C(NCc1ccccc1)c1ccc(NS(=O)(=O)c2cccs2)cc1O. The van der Waals surface area contributed by atoms with Crippen molar-refractivity contribution in [3.63, 3.8) is 0 Å². The third-order valence-corrected chi connectivity index (χ3v) is 6.33. The Hall–Kier alpha value is -2.84. The summed E-state index contributed by atoms with van der Waals surface area (Å²) in [6.07, 6.45) is 0. The summed E-state index contributed by atoms with van der Waals surface area (Å²) < 4.78 is 26.9. The van der Waals surface area contributed by atoms with Gasteiger partial charge >= 0.3 is 0 Å². The Morgan fingerprint density at radius 3 is 2.46 bits per heavy atom. The largest absolute Gasteiger partial charge is 0.507 e. The maximum atomic E-state index is 12.2. The van der Waals surface area contributed by atoms with Gasteiger partial charge in [0.15, 0.2) is 0 Å². The van der Waals surface area contributed by atoms with Crippen molar-refractivity contribution in [2.45, 2.75) is 10.8 Å². The van der Waals surface area contributed by atoms with Gasteiger partial charge < -0.3 is 10.4 Å². The molecule has 2 aromatic carbocycles. The number of rotatable bonds is 6. The summed E-state index contributed by atoms with van der Waals surface area (Å²) in [5.41, 5.74) is 1.18. The molecule has 3 N–H and O–H groups in total. The molecule has 0 aliphatic rings. The molecule has 1 heterocycles. The molecule has 0 aliphatic carbocycles. The number of phenolic OH excluding ortho intramolecular Hbond substituents is 1. The zero-order chi connectivity index (χ0) is 18.6. The van der Waals surface area contributed by atoms with Crippen molar-refractivity contribution in [3.05, 3.63) is 77.2 Å². The van der Waals surface area contributed by atoms with E-state index in [1.807, 2.05) is 30.3 Å². The summed E-state index contributed by atoms with van der Waals surface area (Å²) in [5, 5.41) is 14.5. The second-order valence-electron chi connectivity index (χ2n) is 5.44. The average Bonchev–Trinajstić information content (AvgIpc) is 3.16. The number of hydrogen-bond acceptors (Lipinski definition) is 5. The molecule has 0 unspecified atom stereocenters. The van der Waals surface area contributed by atoms with E-state index in [1.54, 1.807) is 11.4 Å². The first-order valence-electron chi connectivity index (χ1n) is 7.67. The predicted octanol–water partition coefficient (Wildman–Crippen LogP) is 3.18. The van der Waals surface area contributed by atoms with Gasteiger partial charge in [-0.2, -0.15) is 0 Å². The normalized spacial score (nSPS) is 11.1. The topological polar surface area (TPSA) is 95.5 Å². The summed E-state index contributed by atoms with van der Waals surface area (Å²) in [5.74, 6) is -0.749. The highest BCUT2D eigenvalue weighted by Gasteiger charge is 2.17. The molecule has 0 atom stereocenters. The summed E-state index contributed by atoms with van der Waals surface area (Å²) in [6.45, 7) is 0.325. The minimum Gasteiger partial charge on any atom is -0.507 e. The van der Waals surface area contributed by atoms with Crippen molar-refractivity contribution < 1.29 is 18.3 Å². The number of aromatic hydroxyl groups is 1. The summed E-state index contributed by atoms with van der Waals surface area (Å²) >= 11 is 1.09. The van der Waals surface area contributed by atoms with E-state index in [-0.39, 0.29) is 21.2 Å². The van der Waals surface area contributed by atoms with Crippen LogP contribution in [0.2, 0.25) is 0 Å². The van der Waals surface area contributed by atoms with E-state index >= 15 is 0 Å². The van der Waals surface area contributed by atoms with Crippen LogP contribution in [0.15, 0.2) is 70.3 Å². The highest BCUT2D eigenvalue weighted by atomic mass is 32.2. The lowest BCUT2D eigenvalue weighted by atomic mass is 10.1. The molecule has 0 bridgehead atoms. The molecule has 3 rings (SSSR count). The van der Waals surface area contributed by atoms with Crippen molar-refractivity contribution >= 4 is 33.0 Å². The van der Waals surface area contributed by atoms with E-state index in [2.05, 4.69) is 10.0 Å². The van der Waals surface area contributed by atoms with Crippen LogP contribution in [0.4, 0.5) is 5.69 Å². The predicted molar refractivity (Wildman–Crippen MR) is 101 cm³/mol. The Balaban J connectivity index is 1.70. The van der Waals surface area contributed by atoms with E-state index in [0.29, 0.717) is 6.54 Å². The number of sulfonamides is 1. The monoisotopic (exact) mass is 388 g/mol. The Morgan fingerprint density at radius 2 is 1.81 bits per heavy atom. The first-order valence-corrected chi connectivity index (χ1v) is 10.0. The molecule has 6 nitrogen and oxygen atoms in total. The third-order valence-electron chi connectivity index (χ3n) is 3.55. The lowest BCUT2D eigenvalue weighted by Gasteiger charge is -2.10. The number of phenols is 1. The Bertz CT molecular complexity index is 1000. The fourth-order valence-corrected chi connectivity index (χ4v) is 4.32. The molecule has 0 saturated heterocycles. The molecule has 0 saturated carbocycles. The Morgan fingerprint density at radius 1 is 1.04 bits per heavy atom. The van der Waals surface area contributed by atoms with Gasteiger partial charge in [-0.25, -0.2) is 8.42 Å². The molecule has 1 aromatic heterocycles. The van der Waals surface area contributed by atoms with Crippen LogP contribution in [0, 0.1) is 0 Å². The van der Waals surface area contributed by atoms with E-state index < -0.39 is 15.9 Å². The Kier molecular flexibility index (Phi) is 5.24. The highest BCUT2D eigenvalue weighted by molar-refractivity contribution is 7.94. The first-order chi connectivity index (χ1) is 12.5. The van der Waals surface area contributed by atoms with Crippen molar-refractivity contribution in [2.75, 3.05) is 4.72 Å². The van der Waals surface area contributed by atoms with Crippen molar-refractivity contribution in [3.8, 4) is 5.75 Å². The van der Waals surface area contributed by atoms with Gasteiger partial charge in [0.05, 0.1) is 11.3 Å². The molecule has 8 heteroatoms. The molecule has 26 heavy (non-hydrogen) atoms. The quantitative estimate of drug-likeness (QED) is 0.604. The summed E-state index contributed by atoms with van der Waals surface area (Å²) in [4.78, 5) is 12.2. The lowest BCUT2D eigenvalue weighted by Crippen LogP contribution is -2.23. The van der Waals surface area contributed by atoms with Gasteiger partial charge in [0.1, 0.15) is 9.96 Å². The molecule has 0 fully saturated rings. The van der Waals surface area contributed by atoms with E-state index in [4.69, 9.17) is 0 Å². The molecule has 134 valence electrons. The van der Waals surface area contributed by atoms with Crippen molar-refractivity contribution in [1.29, 1.82) is 0 Å². The summed E-state index contributed by atoms with van der Waals surface area (Å²) in [6, 6.07) is 16.5. The fraction of sp³-hybridized carbons (Fsp3) is 0.0556. The van der Waals surface area contributed by atoms with E-state index in [0.717, 1.165) is 16.9 Å². The van der Waals surface area contributed by atoms with Crippen LogP contribution in [-0.2, 0) is 16.6 Å². The minimum atomic E-state index is -3.71. The number of benzene rings is 2. The first kappa shape index (κ1) is 18.0. The van der Waals surface area contributed by atoms with Crippen LogP contribution in [0.25, 0.3) is 0 Å². The highest BCUT2D eigenvalue weighted by Crippen LogP contribution is 2.25. The number of hydrogen-bond donors (Lipinski definition) is 3. The number of thiophene rings is 1. The second kappa shape index (κ2) is 7.59. The van der Waals surface area contributed by atoms with Crippen LogP contribution in [0.3, 0.4) is 0 Å². The molecule has 0 aliphatic heterocycles. The van der Waals surface area contributed by atoms with Gasteiger partial charge in [-0.3, -0.25) is 9.52 Å². The van der Waals surface area contributed by atoms with Crippen LogP contribution in [-0.4, -0.2) is 19.4 Å². The minimum absolute atomic E-state index is 0.0694. The maximum Gasteiger partial charge on any atom is 0.271 e. The number of nitrogens with one attached hydrogen (secondary N) is 2. The number of amides is 1. The lowest BCUT2D eigenvalue weighted by molar-refractivity contribution is 0.0948. The maximum absolute atomic E-state index is 12.2. The van der Waals surface area contributed by atoms with Crippen molar-refractivity contribution in [2.24, 2.45) is 0 Å². The zero-order valence-corrected chi connectivity index (χ0v) is 15.2. The van der Waals surface area contributed by atoms with Gasteiger partial charge in [0.25, 0.3) is 15.9 Å². The van der Waals surface area contributed by atoms with E-state index in [9.17, 15) is 18.3 Å². The third kappa shape index (κ3) is 4.22. The fourth-order valence-electron chi connectivity index (χ4n) is 2.28. The molecule has 3 aromatic rings. The standard InChI is InChI=1S/C18H16N2O4S2/c21-16-11-14(20-26(23,24)17-7-4-10-25-17)8-9-15(16)18(22)19-12-13-5-2-1-3-6-13/h1-11,20-21H,12H2,(H,19,22). The van der Waals surface area contributed by atoms with Gasteiger partial charge in [0, 0.05) is 12.6 Å². The molecule has 1 amide bonds. The average molecular weight is 388 g/mol. The van der Waals surface area contributed by atoms with Crippen molar-refractivity contribution in [1.82, 2.24) is 5.32 Å². The second-order valence-corrected chi connectivity index (χ2v) is 8.29.